The van der Waals surface area contributed by atoms with E-state index in [2.05, 4.69) is 0 Å². The Hall–Kier alpha value is -0.120. The lowest BCUT2D eigenvalue weighted by Crippen LogP contribution is -2.40. The van der Waals surface area contributed by atoms with Gasteiger partial charge in [-0.15, -0.1) is 0 Å². The molecule has 1 unspecified atom stereocenters. The Morgan fingerprint density at radius 3 is 2.64 bits per heavy atom. The zero-order chi connectivity index (χ0) is 7.68. The second-order valence-corrected chi connectivity index (χ2v) is 3.49. The van der Waals surface area contributed by atoms with Gasteiger partial charge in [0.25, 0.3) is 0 Å². The molecule has 3 heteroatoms. The number of hydrogen-bond acceptors (Lipinski definition) is 3. The van der Waals surface area contributed by atoms with Gasteiger partial charge in [0.1, 0.15) is 6.10 Å². The molecular weight excluding hydrogens is 142 g/mol. The van der Waals surface area contributed by atoms with Crippen molar-refractivity contribution in [3.8, 4) is 0 Å². The maximum Gasteiger partial charge on any atom is 0.104 e. The van der Waals surface area contributed by atoms with E-state index >= 15 is 0 Å². The molecule has 2 aliphatic rings. The molecule has 0 aromatic heterocycles. The third-order valence-corrected chi connectivity index (χ3v) is 2.36. The van der Waals surface area contributed by atoms with Crippen LogP contribution in [0, 0.1) is 5.92 Å². The molecule has 2 rings (SSSR count). The summed E-state index contributed by atoms with van der Waals surface area (Å²) in [6.07, 6.45) is 2.93. The number of hydrogen-bond donors (Lipinski definition) is 1. The van der Waals surface area contributed by atoms with E-state index < -0.39 is 0 Å². The lowest BCUT2D eigenvalue weighted by molar-refractivity contribution is -0.132. The van der Waals surface area contributed by atoms with E-state index in [1.165, 1.54) is 12.8 Å². The van der Waals surface area contributed by atoms with Crippen LogP contribution in [0.1, 0.15) is 12.8 Å². The molecule has 0 aromatic rings. The van der Waals surface area contributed by atoms with Gasteiger partial charge >= 0.3 is 0 Å². The summed E-state index contributed by atoms with van der Waals surface area (Å²) < 4.78 is 10.5. The van der Waals surface area contributed by atoms with Crippen LogP contribution in [0.15, 0.2) is 0 Å². The van der Waals surface area contributed by atoms with Crippen molar-refractivity contribution in [2.45, 2.75) is 25.0 Å². The molecule has 1 heterocycles. The highest BCUT2D eigenvalue weighted by molar-refractivity contribution is 4.84. The summed E-state index contributed by atoms with van der Waals surface area (Å²) in [5.74, 6) is 0.746. The molecule has 1 atom stereocenters. The lowest BCUT2D eigenvalue weighted by atomic mass is 10.2. The third-order valence-electron chi connectivity index (χ3n) is 2.36. The van der Waals surface area contributed by atoms with Gasteiger partial charge in [0.15, 0.2) is 0 Å². The molecule has 0 aromatic carbocycles. The number of rotatable bonds is 4. The minimum atomic E-state index is 0.274. The van der Waals surface area contributed by atoms with Crippen LogP contribution in [-0.4, -0.2) is 32.0 Å². The van der Waals surface area contributed by atoms with Gasteiger partial charge in [0.05, 0.1) is 19.8 Å². The van der Waals surface area contributed by atoms with Crippen LogP contribution >= 0.6 is 0 Å². The van der Waals surface area contributed by atoms with Crippen molar-refractivity contribution >= 4 is 0 Å². The molecule has 0 spiro atoms. The van der Waals surface area contributed by atoms with E-state index in [1.807, 2.05) is 0 Å². The van der Waals surface area contributed by atoms with Gasteiger partial charge < -0.3 is 15.2 Å². The first-order valence-corrected chi connectivity index (χ1v) is 4.31. The van der Waals surface area contributed by atoms with Gasteiger partial charge in [-0.1, -0.05) is 0 Å². The summed E-state index contributed by atoms with van der Waals surface area (Å²) >= 11 is 0. The SMILES string of the molecule is NC(COC1COC1)C1CC1. The van der Waals surface area contributed by atoms with E-state index in [4.69, 9.17) is 15.2 Å². The van der Waals surface area contributed by atoms with Crippen molar-refractivity contribution in [3.63, 3.8) is 0 Å². The second-order valence-electron chi connectivity index (χ2n) is 3.49. The predicted octanol–water partition coefficient (Wildman–Crippen LogP) is 0.139. The topological polar surface area (TPSA) is 44.5 Å². The summed E-state index contributed by atoms with van der Waals surface area (Å²) in [6.45, 7) is 2.24. The monoisotopic (exact) mass is 157 g/mol. The van der Waals surface area contributed by atoms with Crippen molar-refractivity contribution in [2.75, 3.05) is 19.8 Å². The fourth-order valence-electron chi connectivity index (χ4n) is 1.22. The van der Waals surface area contributed by atoms with Gasteiger partial charge in [0, 0.05) is 6.04 Å². The second kappa shape index (κ2) is 3.09. The van der Waals surface area contributed by atoms with E-state index in [0.29, 0.717) is 6.10 Å². The number of ether oxygens (including phenoxy) is 2. The Morgan fingerprint density at radius 2 is 2.18 bits per heavy atom. The van der Waals surface area contributed by atoms with E-state index in [-0.39, 0.29) is 6.04 Å². The standard InChI is InChI=1S/C8H15NO2/c9-8(6-1-2-6)5-11-7-3-10-4-7/h6-8H,1-5,9H2. The van der Waals surface area contributed by atoms with E-state index in [0.717, 1.165) is 25.7 Å². The Labute approximate surface area is 66.8 Å². The highest BCUT2D eigenvalue weighted by Crippen LogP contribution is 2.31. The van der Waals surface area contributed by atoms with Crippen molar-refractivity contribution in [3.05, 3.63) is 0 Å². The molecule has 0 bridgehead atoms. The zero-order valence-corrected chi connectivity index (χ0v) is 6.66. The van der Waals surface area contributed by atoms with Crippen LogP contribution in [0.3, 0.4) is 0 Å². The molecule has 1 aliphatic carbocycles. The summed E-state index contributed by atoms with van der Waals surface area (Å²) in [5.41, 5.74) is 5.84. The van der Waals surface area contributed by atoms with E-state index in [1.54, 1.807) is 0 Å². The maximum absolute atomic E-state index is 5.84. The quantitative estimate of drug-likeness (QED) is 0.631. The van der Waals surface area contributed by atoms with Gasteiger partial charge in [0.2, 0.25) is 0 Å². The Balaban J connectivity index is 1.57. The summed E-state index contributed by atoms with van der Waals surface area (Å²) in [7, 11) is 0. The van der Waals surface area contributed by atoms with Crippen LogP contribution < -0.4 is 5.73 Å². The smallest absolute Gasteiger partial charge is 0.104 e. The van der Waals surface area contributed by atoms with Gasteiger partial charge in [-0.3, -0.25) is 0 Å². The first-order chi connectivity index (χ1) is 5.36. The highest BCUT2D eigenvalue weighted by Gasteiger charge is 2.29. The van der Waals surface area contributed by atoms with Gasteiger partial charge in [-0.2, -0.15) is 0 Å². The summed E-state index contributed by atoms with van der Waals surface area (Å²) in [5, 5.41) is 0. The van der Waals surface area contributed by atoms with Gasteiger partial charge in [-0.05, 0) is 18.8 Å². The molecule has 0 amide bonds. The molecule has 1 aliphatic heterocycles. The summed E-state index contributed by atoms with van der Waals surface area (Å²) in [6, 6.07) is 0.274. The highest BCUT2D eigenvalue weighted by atomic mass is 16.6. The molecule has 3 nitrogen and oxygen atoms in total. The molecule has 0 radical (unpaired) electrons. The maximum atomic E-state index is 5.84. The normalized spacial score (nSPS) is 28.1. The largest absolute Gasteiger partial charge is 0.376 e. The van der Waals surface area contributed by atoms with E-state index in [9.17, 15) is 0 Å². The molecule has 1 saturated heterocycles. The Morgan fingerprint density at radius 1 is 1.45 bits per heavy atom. The van der Waals surface area contributed by atoms with Crippen LogP contribution in [0.2, 0.25) is 0 Å². The zero-order valence-electron chi connectivity index (χ0n) is 6.66. The van der Waals surface area contributed by atoms with Crippen LogP contribution in [0.25, 0.3) is 0 Å². The lowest BCUT2D eigenvalue weighted by Gasteiger charge is -2.27. The van der Waals surface area contributed by atoms with Gasteiger partial charge in [-0.25, -0.2) is 0 Å². The Kier molecular flexibility index (Phi) is 2.11. The molecule has 11 heavy (non-hydrogen) atoms. The van der Waals surface area contributed by atoms with Crippen LogP contribution in [-0.2, 0) is 9.47 Å². The number of nitrogens with two attached hydrogens (primary N) is 1. The first kappa shape index (κ1) is 7.53. The molecule has 2 fully saturated rings. The molecular formula is C8H15NO2. The minimum absolute atomic E-state index is 0.274. The summed E-state index contributed by atoms with van der Waals surface area (Å²) in [4.78, 5) is 0. The average molecular weight is 157 g/mol. The Bertz CT molecular complexity index is 132. The molecule has 2 N–H and O–H groups in total. The minimum Gasteiger partial charge on any atom is -0.376 e. The fourth-order valence-corrected chi connectivity index (χ4v) is 1.22. The average Bonchev–Trinajstić information content (AvgIpc) is 2.64. The van der Waals surface area contributed by atoms with Crippen molar-refractivity contribution in [1.82, 2.24) is 0 Å². The van der Waals surface area contributed by atoms with Crippen molar-refractivity contribution in [2.24, 2.45) is 11.7 Å². The molecule has 1 saturated carbocycles. The fraction of sp³-hybridized carbons (Fsp3) is 1.00. The predicted molar refractivity (Wildman–Crippen MR) is 41.3 cm³/mol. The van der Waals surface area contributed by atoms with Crippen molar-refractivity contribution in [1.29, 1.82) is 0 Å². The van der Waals surface area contributed by atoms with Crippen molar-refractivity contribution < 1.29 is 9.47 Å². The third kappa shape index (κ3) is 1.92. The van der Waals surface area contributed by atoms with Crippen LogP contribution in [0.5, 0.6) is 0 Å². The molecule has 64 valence electrons. The van der Waals surface area contributed by atoms with Crippen LogP contribution in [0.4, 0.5) is 0 Å². The first-order valence-electron chi connectivity index (χ1n) is 4.31.